The highest BCUT2D eigenvalue weighted by molar-refractivity contribution is 5.81. The minimum atomic E-state index is -0.689. The van der Waals surface area contributed by atoms with Crippen molar-refractivity contribution in [3.05, 3.63) is 29.8 Å². The van der Waals surface area contributed by atoms with E-state index in [1.807, 2.05) is 0 Å². The third kappa shape index (κ3) is 6.36. The van der Waals surface area contributed by atoms with E-state index in [-0.39, 0.29) is 36.7 Å². The first-order valence-electron chi connectivity index (χ1n) is 13.6. The van der Waals surface area contributed by atoms with Gasteiger partial charge in [0.1, 0.15) is 6.29 Å². The Hall–Kier alpha value is -2.24. The average Bonchev–Trinajstić information content (AvgIpc) is 3.16. The van der Waals surface area contributed by atoms with Crippen LogP contribution in [0.25, 0.3) is 0 Å². The van der Waals surface area contributed by atoms with Crippen molar-refractivity contribution in [1.82, 2.24) is 31.3 Å². The molecule has 4 aliphatic heterocycles. The number of nitrogens with zero attached hydrogens (tertiary/aromatic N) is 2. The van der Waals surface area contributed by atoms with Gasteiger partial charge < -0.3 is 10.4 Å². The second-order valence-corrected chi connectivity index (χ2v) is 10.8. The molecule has 0 spiro atoms. The molecule has 1 aromatic rings. The van der Waals surface area contributed by atoms with Crippen LogP contribution in [0.3, 0.4) is 0 Å². The second kappa shape index (κ2) is 11.9. The van der Waals surface area contributed by atoms with E-state index >= 15 is 0 Å². The Morgan fingerprint density at radius 1 is 1.00 bits per heavy atom. The summed E-state index contributed by atoms with van der Waals surface area (Å²) in [6.07, 6.45) is 7.04. The summed E-state index contributed by atoms with van der Waals surface area (Å²) < 4.78 is 0. The summed E-state index contributed by atoms with van der Waals surface area (Å²) >= 11 is 0. The van der Waals surface area contributed by atoms with E-state index in [4.69, 9.17) is 5.11 Å². The van der Waals surface area contributed by atoms with Crippen LogP contribution in [0, 0.1) is 11.8 Å². The highest BCUT2D eigenvalue weighted by Gasteiger charge is 2.44. The zero-order valence-electron chi connectivity index (χ0n) is 21.0. The zero-order chi connectivity index (χ0) is 24.9. The molecule has 10 heteroatoms. The lowest BCUT2D eigenvalue weighted by atomic mass is 9.91. The predicted octanol–water partition coefficient (Wildman–Crippen LogP) is 1.08. The lowest BCUT2D eigenvalue weighted by molar-refractivity contribution is -0.138. The summed E-state index contributed by atoms with van der Waals surface area (Å²) in [5.74, 6) is -0.606. The molecule has 0 saturated carbocycles. The highest BCUT2D eigenvalue weighted by Crippen LogP contribution is 2.25. The number of carboxylic acids is 1. The van der Waals surface area contributed by atoms with Crippen LogP contribution >= 0.6 is 0 Å². The van der Waals surface area contributed by atoms with E-state index in [0.717, 1.165) is 51.3 Å². The van der Waals surface area contributed by atoms with Crippen molar-refractivity contribution in [3.63, 3.8) is 0 Å². The largest absolute Gasteiger partial charge is 0.481 e. The molecule has 198 valence electrons. The molecule has 5 rings (SSSR count). The van der Waals surface area contributed by atoms with Crippen LogP contribution in [0.1, 0.15) is 50.5 Å². The standard InChI is InChI=1S/C26H41N7O3/c34-22(35)15-18-9-13-32(14-10-18)17-19-5-7-20(8-6-19)28-24-23-21(16-27-31-25(23)36)29-26(30-24)33-11-3-1-2-4-12-33/h5-8,18,21,23-24,26-30H,1-4,9-17H2,(H,31,36)(H,34,35). The summed E-state index contributed by atoms with van der Waals surface area (Å²) in [6, 6.07) is 8.56. The van der Waals surface area contributed by atoms with Gasteiger partial charge in [-0.3, -0.25) is 35.4 Å². The van der Waals surface area contributed by atoms with Gasteiger partial charge in [0.05, 0.1) is 12.1 Å². The number of carbonyl (C=O) groups is 2. The monoisotopic (exact) mass is 499 g/mol. The molecule has 0 bridgehead atoms. The molecule has 36 heavy (non-hydrogen) atoms. The van der Waals surface area contributed by atoms with Gasteiger partial charge in [-0.15, -0.1) is 0 Å². The summed E-state index contributed by atoms with van der Waals surface area (Å²) in [5, 5.41) is 20.0. The Balaban J connectivity index is 1.20. The average molecular weight is 500 g/mol. The number of hydrogen-bond acceptors (Lipinski definition) is 8. The minimum Gasteiger partial charge on any atom is -0.481 e. The summed E-state index contributed by atoms with van der Waals surface area (Å²) in [4.78, 5) is 28.6. The molecule has 1 aromatic carbocycles. The van der Waals surface area contributed by atoms with E-state index in [2.05, 4.69) is 60.9 Å². The number of anilines is 1. The van der Waals surface area contributed by atoms with Crippen molar-refractivity contribution in [1.29, 1.82) is 0 Å². The number of nitrogens with one attached hydrogen (secondary N) is 5. The van der Waals surface area contributed by atoms with E-state index in [1.54, 1.807) is 0 Å². The zero-order valence-corrected chi connectivity index (χ0v) is 21.0. The minimum absolute atomic E-state index is 0.000914. The molecule has 10 nitrogen and oxygen atoms in total. The third-order valence-corrected chi connectivity index (χ3v) is 8.20. The Kier molecular flexibility index (Phi) is 8.38. The molecule has 0 aromatic heterocycles. The number of hydrogen-bond donors (Lipinski definition) is 6. The van der Waals surface area contributed by atoms with Crippen molar-refractivity contribution in [3.8, 4) is 0 Å². The number of rotatable bonds is 7. The van der Waals surface area contributed by atoms with Crippen LogP contribution in [-0.4, -0.2) is 78.0 Å². The number of fused-ring (bicyclic) bond motifs is 1. The Morgan fingerprint density at radius 2 is 1.72 bits per heavy atom. The first-order chi connectivity index (χ1) is 17.5. The molecule has 4 unspecified atom stereocenters. The number of carboxylic acid groups (broad SMARTS) is 1. The van der Waals surface area contributed by atoms with Gasteiger partial charge in [-0.2, -0.15) is 0 Å². The van der Waals surface area contributed by atoms with Gasteiger partial charge in [-0.1, -0.05) is 25.0 Å². The van der Waals surface area contributed by atoms with Crippen molar-refractivity contribution in [2.75, 3.05) is 38.0 Å². The van der Waals surface area contributed by atoms with Gasteiger partial charge in [0, 0.05) is 44.3 Å². The first-order valence-corrected chi connectivity index (χ1v) is 13.6. The number of piperidine rings is 1. The molecular formula is C26H41N7O3. The van der Waals surface area contributed by atoms with Gasteiger partial charge in [-0.05, 0) is 62.4 Å². The maximum Gasteiger partial charge on any atom is 0.303 e. The van der Waals surface area contributed by atoms with Crippen LogP contribution < -0.4 is 26.8 Å². The Labute approximate surface area is 213 Å². The maximum atomic E-state index is 12.8. The molecule has 4 fully saturated rings. The molecule has 0 radical (unpaired) electrons. The van der Waals surface area contributed by atoms with E-state index in [0.29, 0.717) is 12.5 Å². The van der Waals surface area contributed by atoms with Crippen LogP contribution in [0.5, 0.6) is 0 Å². The van der Waals surface area contributed by atoms with E-state index in [9.17, 15) is 9.59 Å². The quantitative estimate of drug-likeness (QED) is 0.327. The Bertz CT molecular complexity index is 882. The predicted molar refractivity (Wildman–Crippen MR) is 138 cm³/mol. The highest BCUT2D eigenvalue weighted by atomic mass is 16.4. The molecule has 4 heterocycles. The van der Waals surface area contributed by atoms with Gasteiger partial charge in [0.15, 0.2) is 0 Å². The number of likely N-dealkylation sites (tertiary alicyclic amines) is 2. The van der Waals surface area contributed by atoms with Gasteiger partial charge in [0.25, 0.3) is 0 Å². The number of aliphatic carboxylic acids is 1. The normalized spacial score (nSPS) is 30.7. The van der Waals surface area contributed by atoms with Gasteiger partial charge in [0.2, 0.25) is 5.91 Å². The van der Waals surface area contributed by atoms with Crippen LogP contribution in [0.15, 0.2) is 24.3 Å². The smallest absolute Gasteiger partial charge is 0.303 e. The lowest BCUT2D eigenvalue weighted by Gasteiger charge is -2.48. The van der Waals surface area contributed by atoms with Crippen LogP contribution in [-0.2, 0) is 16.1 Å². The summed E-state index contributed by atoms with van der Waals surface area (Å²) in [5.41, 5.74) is 8.09. The molecular weight excluding hydrogens is 458 g/mol. The summed E-state index contributed by atoms with van der Waals surface area (Å²) in [6.45, 7) is 5.60. The van der Waals surface area contributed by atoms with E-state index < -0.39 is 5.97 Å². The van der Waals surface area contributed by atoms with Crippen molar-refractivity contribution < 1.29 is 14.7 Å². The number of amides is 1. The van der Waals surface area contributed by atoms with Crippen molar-refractivity contribution in [2.24, 2.45) is 11.8 Å². The molecule has 4 saturated heterocycles. The fraction of sp³-hybridized carbons (Fsp3) is 0.692. The molecule has 1 amide bonds. The van der Waals surface area contributed by atoms with Gasteiger partial charge in [-0.25, -0.2) is 5.43 Å². The Morgan fingerprint density at radius 3 is 2.42 bits per heavy atom. The van der Waals surface area contributed by atoms with Crippen LogP contribution in [0.4, 0.5) is 5.69 Å². The maximum absolute atomic E-state index is 12.8. The fourth-order valence-electron chi connectivity index (χ4n) is 6.15. The SMILES string of the molecule is O=C(O)CC1CCN(Cc2ccc(NC3NC(N4CCCCCC4)NC4CNNC(=O)C43)cc2)CC1. The number of carbonyl (C=O) groups excluding carboxylic acids is 1. The fourth-order valence-corrected chi connectivity index (χ4v) is 6.15. The first kappa shape index (κ1) is 25.4. The van der Waals surface area contributed by atoms with Crippen molar-refractivity contribution >= 4 is 17.6 Å². The molecule has 6 N–H and O–H groups in total. The number of benzene rings is 1. The molecule has 4 aliphatic rings. The van der Waals surface area contributed by atoms with E-state index in [1.165, 1.54) is 31.2 Å². The number of hydrazine groups is 1. The van der Waals surface area contributed by atoms with Gasteiger partial charge >= 0.3 is 5.97 Å². The topological polar surface area (TPSA) is 121 Å². The molecule has 4 atom stereocenters. The lowest BCUT2D eigenvalue weighted by Crippen LogP contribution is -2.76. The summed E-state index contributed by atoms with van der Waals surface area (Å²) in [7, 11) is 0. The third-order valence-electron chi connectivity index (χ3n) is 8.20. The second-order valence-electron chi connectivity index (χ2n) is 10.8. The molecule has 0 aliphatic carbocycles. The van der Waals surface area contributed by atoms with Crippen molar-refractivity contribution in [2.45, 2.75) is 70.0 Å². The van der Waals surface area contributed by atoms with Crippen LogP contribution in [0.2, 0.25) is 0 Å².